The van der Waals surface area contributed by atoms with Gasteiger partial charge < -0.3 is 4.90 Å². The zero-order valence-electron chi connectivity index (χ0n) is 15.4. The van der Waals surface area contributed by atoms with Crippen molar-refractivity contribution in [1.82, 2.24) is 15.4 Å². The highest BCUT2D eigenvalue weighted by Crippen LogP contribution is 2.28. The standard InChI is InChI=1S/C21H24N4O2/c1-25(21-18-8-5-6-9-19(18)22-15-23-21)17-13-11-16(12-14-17)7-3-2-4-10-20(26)24-27/h5-6,8-9,11-15,27H,2-4,7,10H2,1H3,(H,24,26). The van der Waals surface area contributed by atoms with Crippen LogP contribution in [0.2, 0.25) is 0 Å². The van der Waals surface area contributed by atoms with E-state index in [4.69, 9.17) is 5.21 Å². The number of carbonyl (C=O) groups excluding carboxylic acids is 1. The van der Waals surface area contributed by atoms with E-state index < -0.39 is 0 Å². The molecule has 0 fully saturated rings. The Balaban J connectivity index is 1.60. The number of nitrogens with one attached hydrogen (secondary N) is 1. The Morgan fingerprint density at radius 2 is 1.81 bits per heavy atom. The van der Waals surface area contributed by atoms with E-state index in [-0.39, 0.29) is 5.91 Å². The summed E-state index contributed by atoms with van der Waals surface area (Å²) in [5.41, 5.74) is 4.93. The molecule has 0 aliphatic carbocycles. The molecule has 3 rings (SSSR count). The normalized spacial score (nSPS) is 10.7. The van der Waals surface area contributed by atoms with E-state index in [2.05, 4.69) is 39.1 Å². The van der Waals surface area contributed by atoms with Crippen LogP contribution in [0.15, 0.2) is 54.9 Å². The van der Waals surface area contributed by atoms with E-state index in [0.717, 1.165) is 48.1 Å². The summed E-state index contributed by atoms with van der Waals surface area (Å²) >= 11 is 0. The van der Waals surface area contributed by atoms with E-state index in [0.29, 0.717) is 6.42 Å². The van der Waals surface area contributed by atoms with Crippen molar-refractivity contribution in [2.24, 2.45) is 0 Å². The van der Waals surface area contributed by atoms with Crippen LogP contribution < -0.4 is 10.4 Å². The maximum Gasteiger partial charge on any atom is 0.243 e. The first-order valence-corrected chi connectivity index (χ1v) is 9.14. The van der Waals surface area contributed by atoms with Crippen LogP contribution in [0.1, 0.15) is 31.2 Å². The van der Waals surface area contributed by atoms with Gasteiger partial charge in [-0.3, -0.25) is 10.0 Å². The van der Waals surface area contributed by atoms with Crippen LogP contribution in [0, 0.1) is 0 Å². The smallest absolute Gasteiger partial charge is 0.243 e. The van der Waals surface area contributed by atoms with Gasteiger partial charge in [-0.25, -0.2) is 15.4 Å². The molecular formula is C21H24N4O2. The van der Waals surface area contributed by atoms with Crippen LogP contribution in [-0.2, 0) is 11.2 Å². The summed E-state index contributed by atoms with van der Waals surface area (Å²) in [5.74, 6) is 0.565. The van der Waals surface area contributed by atoms with Gasteiger partial charge in [0.25, 0.3) is 0 Å². The molecule has 1 heterocycles. The highest BCUT2D eigenvalue weighted by atomic mass is 16.5. The number of carbonyl (C=O) groups is 1. The van der Waals surface area contributed by atoms with Gasteiger partial charge in [0.2, 0.25) is 5.91 Å². The number of rotatable bonds is 8. The molecule has 0 spiro atoms. The zero-order chi connectivity index (χ0) is 19.1. The minimum atomic E-state index is -0.320. The summed E-state index contributed by atoms with van der Waals surface area (Å²) in [4.78, 5) is 21.8. The van der Waals surface area contributed by atoms with Crippen molar-refractivity contribution in [2.45, 2.75) is 32.1 Å². The second kappa shape index (κ2) is 9.09. The molecule has 0 radical (unpaired) electrons. The average Bonchev–Trinajstić information content (AvgIpc) is 2.73. The number of unbranched alkanes of at least 4 members (excludes halogenated alkanes) is 2. The third kappa shape index (κ3) is 4.80. The molecule has 0 aliphatic heterocycles. The number of anilines is 2. The quantitative estimate of drug-likeness (QED) is 0.359. The lowest BCUT2D eigenvalue weighted by Crippen LogP contribution is -2.17. The van der Waals surface area contributed by atoms with Crippen LogP contribution in [0.3, 0.4) is 0 Å². The predicted octanol–water partition coefficient (Wildman–Crippen LogP) is 4.01. The van der Waals surface area contributed by atoms with Crippen molar-refractivity contribution in [1.29, 1.82) is 0 Å². The van der Waals surface area contributed by atoms with Gasteiger partial charge in [0.15, 0.2) is 0 Å². The number of nitrogens with zero attached hydrogens (tertiary/aromatic N) is 3. The number of hydrogen-bond donors (Lipinski definition) is 2. The molecule has 6 nitrogen and oxygen atoms in total. The number of hydroxylamine groups is 1. The summed E-state index contributed by atoms with van der Waals surface area (Å²) in [6.07, 6.45) is 5.70. The molecule has 1 amide bonds. The first-order chi connectivity index (χ1) is 13.2. The molecule has 0 unspecified atom stereocenters. The molecule has 2 N–H and O–H groups in total. The molecule has 2 aromatic carbocycles. The maximum atomic E-state index is 11.0. The number of para-hydroxylation sites is 1. The number of aryl methyl sites for hydroxylation is 1. The Kier molecular flexibility index (Phi) is 6.33. The molecule has 6 heteroatoms. The highest BCUT2D eigenvalue weighted by Gasteiger charge is 2.10. The lowest BCUT2D eigenvalue weighted by molar-refractivity contribution is -0.129. The minimum absolute atomic E-state index is 0.320. The van der Waals surface area contributed by atoms with Gasteiger partial charge in [-0.15, -0.1) is 0 Å². The van der Waals surface area contributed by atoms with Gasteiger partial charge >= 0.3 is 0 Å². The first kappa shape index (κ1) is 18.8. The molecule has 27 heavy (non-hydrogen) atoms. The average molecular weight is 364 g/mol. The van der Waals surface area contributed by atoms with Crippen LogP contribution in [0.5, 0.6) is 0 Å². The third-order valence-corrected chi connectivity index (χ3v) is 4.66. The van der Waals surface area contributed by atoms with Crippen molar-refractivity contribution >= 4 is 28.3 Å². The Morgan fingerprint density at radius 1 is 1.04 bits per heavy atom. The molecule has 0 aliphatic rings. The van der Waals surface area contributed by atoms with Crippen LogP contribution in [0.4, 0.5) is 11.5 Å². The van der Waals surface area contributed by atoms with E-state index in [1.54, 1.807) is 11.8 Å². The second-order valence-corrected chi connectivity index (χ2v) is 6.54. The lowest BCUT2D eigenvalue weighted by Gasteiger charge is -2.20. The number of hydrogen-bond acceptors (Lipinski definition) is 5. The topological polar surface area (TPSA) is 78.4 Å². The second-order valence-electron chi connectivity index (χ2n) is 6.54. The fourth-order valence-electron chi connectivity index (χ4n) is 3.11. The van der Waals surface area contributed by atoms with Gasteiger partial charge in [-0.1, -0.05) is 30.7 Å². The zero-order valence-corrected chi connectivity index (χ0v) is 15.4. The Labute approximate surface area is 158 Å². The van der Waals surface area contributed by atoms with Crippen molar-refractivity contribution in [2.75, 3.05) is 11.9 Å². The molecule has 3 aromatic rings. The van der Waals surface area contributed by atoms with E-state index in [1.807, 2.05) is 31.3 Å². The minimum Gasteiger partial charge on any atom is -0.329 e. The fourth-order valence-corrected chi connectivity index (χ4v) is 3.11. The maximum absolute atomic E-state index is 11.0. The summed E-state index contributed by atoms with van der Waals surface area (Å²) in [6.45, 7) is 0. The van der Waals surface area contributed by atoms with Crippen molar-refractivity contribution in [3.8, 4) is 0 Å². The van der Waals surface area contributed by atoms with Crippen molar-refractivity contribution < 1.29 is 10.0 Å². The molecular weight excluding hydrogens is 340 g/mol. The molecule has 0 bridgehead atoms. The van der Waals surface area contributed by atoms with Gasteiger partial charge in [0, 0.05) is 24.5 Å². The van der Waals surface area contributed by atoms with Crippen molar-refractivity contribution in [3.05, 3.63) is 60.4 Å². The van der Waals surface area contributed by atoms with Crippen molar-refractivity contribution in [3.63, 3.8) is 0 Å². The fraction of sp³-hybridized carbons (Fsp3) is 0.286. The van der Waals surface area contributed by atoms with Gasteiger partial charge in [0.05, 0.1) is 5.52 Å². The highest BCUT2D eigenvalue weighted by molar-refractivity contribution is 5.91. The van der Waals surface area contributed by atoms with Crippen LogP contribution >= 0.6 is 0 Å². The van der Waals surface area contributed by atoms with E-state index in [1.165, 1.54) is 5.56 Å². The summed E-state index contributed by atoms with van der Waals surface area (Å²) in [6, 6.07) is 16.5. The summed E-state index contributed by atoms with van der Waals surface area (Å²) in [5, 5.41) is 9.50. The first-order valence-electron chi connectivity index (χ1n) is 9.14. The molecule has 0 atom stereocenters. The number of amides is 1. The lowest BCUT2D eigenvalue weighted by atomic mass is 10.1. The van der Waals surface area contributed by atoms with Gasteiger partial charge in [-0.2, -0.15) is 0 Å². The van der Waals surface area contributed by atoms with E-state index in [9.17, 15) is 4.79 Å². The van der Waals surface area contributed by atoms with Crippen LogP contribution in [0.25, 0.3) is 10.9 Å². The third-order valence-electron chi connectivity index (χ3n) is 4.66. The van der Waals surface area contributed by atoms with Gasteiger partial charge in [-0.05, 0) is 49.1 Å². The predicted molar refractivity (Wildman–Crippen MR) is 106 cm³/mol. The Bertz CT molecular complexity index is 891. The number of aromatic nitrogens is 2. The van der Waals surface area contributed by atoms with Crippen LogP contribution in [-0.4, -0.2) is 28.1 Å². The largest absolute Gasteiger partial charge is 0.329 e. The van der Waals surface area contributed by atoms with E-state index >= 15 is 0 Å². The SMILES string of the molecule is CN(c1ccc(CCCCCC(=O)NO)cc1)c1ncnc2ccccc12. The summed E-state index contributed by atoms with van der Waals surface area (Å²) < 4.78 is 0. The number of fused-ring (bicyclic) bond motifs is 1. The molecule has 140 valence electrons. The summed E-state index contributed by atoms with van der Waals surface area (Å²) in [7, 11) is 2.01. The molecule has 0 saturated carbocycles. The Morgan fingerprint density at radius 3 is 2.59 bits per heavy atom. The number of benzene rings is 2. The monoisotopic (exact) mass is 364 g/mol. The molecule has 0 saturated heterocycles. The molecule has 1 aromatic heterocycles. The Hall–Kier alpha value is -2.99. The van der Waals surface area contributed by atoms with Gasteiger partial charge in [0.1, 0.15) is 12.1 Å².